The molecule has 144 valence electrons. The fourth-order valence-corrected chi connectivity index (χ4v) is 2.56. The first kappa shape index (κ1) is 20.4. The normalized spacial score (nSPS) is 13.0. The molecule has 0 amide bonds. The minimum Gasteiger partial charge on any atom is -0.389 e. The zero-order valence-electron chi connectivity index (χ0n) is 15.2. The number of hydrogen-bond acceptors (Lipinski definition) is 4. The lowest BCUT2D eigenvalue weighted by Crippen LogP contribution is -2.34. The molecule has 0 saturated heterocycles. The van der Waals surface area contributed by atoms with Crippen LogP contribution in [0.5, 0.6) is 0 Å². The van der Waals surface area contributed by atoms with Gasteiger partial charge in [-0.05, 0) is 26.0 Å². The summed E-state index contributed by atoms with van der Waals surface area (Å²) in [6, 6.07) is 3.18. The summed E-state index contributed by atoms with van der Waals surface area (Å²) in [6.07, 6.45) is -1.17. The average molecular weight is 380 g/mol. The quantitative estimate of drug-likeness (QED) is 0.784. The number of rotatable bonds is 5. The summed E-state index contributed by atoms with van der Waals surface area (Å²) in [4.78, 5) is 0. The van der Waals surface area contributed by atoms with Crippen molar-refractivity contribution in [2.24, 2.45) is 0 Å². The largest absolute Gasteiger partial charge is 0.419 e. The van der Waals surface area contributed by atoms with Gasteiger partial charge in [-0.3, -0.25) is 0 Å². The second-order valence-corrected chi connectivity index (χ2v) is 5.80. The molecule has 27 heavy (non-hydrogen) atoms. The van der Waals surface area contributed by atoms with Crippen LogP contribution < -0.4 is 21.1 Å². The fraction of sp³-hybridized carbons (Fsp3) is 0.263. The zero-order chi connectivity index (χ0) is 20.2. The first-order valence-corrected chi connectivity index (χ1v) is 8.15. The second kappa shape index (κ2) is 8.20. The molecule has 2 aromatic rings. The van der Waals surface area contributed by atoms with Gasteiger partial charge in [-0.2, -0.15) is 18.3 Å². The van der Waals surface area contributed by atoms with Crippen LogP contribution in [0.1, 0.15) is 23.7 Å². The number of benzene rings is 1. The van der Waals surface area contributed by atoms with E-state index in [-0.39, 0.29) is 12.1 Å². The molecule has 0 radical (unpaired) electrons. The van der Waals surface area contributed by atoms with E-state index in [0.29, 0.717) is 28.5 Å². The molecule has 2 N–H and O–H groups in total. The van der Waals surface area contributed by atoms with Crippen LogP contribution in [0.2, 0.25) is 0 Å². The predicted octanol–water partition coefficient (Wildman–Crippen LogP) is 2.87. The summed E-state index contributed by atoms with van der Waals surface area (Å²) < 4.78 is 52.8. The average Bonchev–Trinajstić information content (AvgIpc) is 2.61. The third kappa shape index (κ3) is 4.64. The number of allylic oxidation sites excluding steroid dienone is 1. The van der Waals surface area contributed by atoms with Gasteiger partial charge < -0.3 is 10.6 Å². The number of halogens is 4. The molecule has 0 atom stereocenters. The monoisotopic (exact) mass is 380 g/mol. The highest BCUT2D eigenvalue weighted by atomic mass is 19.4. The number of hydrogen-bond donors (Lipinski definition) is 2. The lowest BCUT2D eigenvalue weighted by molar-refractivity contribution is -0.140. The number of alkyl halides is 3. The number of aromatic nitrogens is 2. The number of nitrogens with zero attached hydrogens (tertiary/aromatic N) is 2. The second-order valence-electron chi connectivity index (χ2n) is 5.80. The third-order valence-electron chi connectivity index (χ3n) is 3.99. The van der Waals surface area contributed by atoms with Gasteiger partial charge in [-0.1, -0.05) is 24.8 Å². The molecule has 2 rings (SSSR count). The van der Waals surface area contributed by atoms with Crippen LogP contribution in [0.3, 0.4) is 0 Å². The summed E-state index contributed by atoms with van der Waals surface area (Å²) in [7, 11) is 1.71. The summed E-state index contributed by atoms with van der Waals surface area (Å²) >= 11 is 0. The van der Waals surface area contributed by atoms with Crippen molar-refractivity contribution < 1.29 is 17.6 Å². The van der Waals surface area contributed by atoms with Crippen molar-refractivity contribution in [3.05, 3.63) is 63.6 Å². The Kier molecular flexibility index (Phi) is 6.20. The topological polar surface area (TPSA) is 49.8 Å². The third-order valence-corrected chi connectivity index (χ3v) is 3.99. The molecular formula is C19H20F4N4. The van der Waals surface area contributed by atoms with Gasteiger partial charge >= 0.3 is 6.18 Å². The Morgan fingerprint density at radius 2 is 1.93 bits per heavy atom. The van der Waals surface area contributed by atoms with E-state index in [9.17, 15) is 17.6 Å². The smallest absolute Gasteiger partial charge is 0.389 e. The van der Waals surface area contributed by atoms with E-state index < -0.39 is 17.6 Å². The van der Waals surface area contributed by atoms with Crippen molar-refractivity contribution in [1.82, 2.24) is 15.5 Å². The minimum absolute atomic E-state index is 0.118. The van der Waals surface area contributed by atoms with Crippen molar-refractivity contribution in [2.75, 3.05) is 12.4 Å². The maximum absolute atomic E-state index is 14.2. The van der Waals surface area contributed by atoms with E-state index in [2.05, 4.69) is 27.4 Å². The molecule has 0 aliphatic rings. The van der Waals surface area contributed by atoms with Crippen LogP contribution in [0.25, 0.3) is 12.2 Å². The highest BCUT2D eigenvalue weighted by Gasteiger charge is 2.34. The molecular weight excluding hydrogens is 360 g/mol. The molecule has 4 nitrogen and oxygen atoms in total. The first-order chi connectivity index (χ1) is 12.7. The lowest BCUT2D eigenvalue weighted by Gasteiger charge is -2.12. The van der Waals surface area contributed by atoms with Gasteiger partial charge in [-0.25, -0.2) is 4.39 Å². The minimum atomic E-state index is -4.75. The van der Waals surface area contributed by atoms with E-state index >= 15 is 0 Å². The summed E-state index contributed by atoms with van der Waals surface area (Å²) in [5.41, 5.74) is -0.121. The van der Waals surface area contributed by atoms with Crippen molar-refractivity contribution in [1.29, 1.82) is 0 Å². The molecule has 1 aromatic carbocycles. The SMILES string of the molecule is C=C(/C=c1/c(NCc2cccc(C(F)(F)F)c2F)nnc(C)/c1=C/C)NC. The van der Waals surface area contributed by atoms with Gasteiger partial charge in [0.15, 0.2) is 5.82 Å². The van der Waals surface area contributed by atoms with Crippen LogP contribution in [0, 0.1) is 12.7 Å². The molecule has 0 unspecified atom stereocenters. The van der Waals surface area contributed by atoms with E-state index in [1.165, 1.54) is 12.1 Å². The summed E-state index contributed by atoms with van der Waals surface area (Å²) in [5, 5.41) is 15.3. The Hall–Kier alpha value is -2.90. The molecule has 0 aliphatic heterocycles. The zero-order valence-corrected chi connectivity index (χ0v) is 15.2. The van der Waals surface area contributed by atoms with Crippen molar-refractivity contribution in [3.63, 3.8) is 0 Å². The first-order valence-electron chi connectivity index (χ1n) is 8.15. The van der Waals surface area contributed by atoms with Crippen molar-refractivity contribution >= 4 is 18.0 Å². The Bertz CT molecular complexity index is 965. The lowest BCUT2D eigenvalue weighted by atomic mass is 10.1. The van der Waals surface area contributed by atoms with Crippen molar-refractivity contribution in [2.45, 2.75) is 26.6 Å². The van der Waals surface area contributed by atoms with Crippen LogP contribution >= 0.6 is 0 Å². The number of anilines is 1. The molecule has 0 fully saturated rings. The number of aryl methyl sites for hydroxylation is 1. The molecule has 0 aliphatic carbocycles. The molecule has 0 saturated carbocycles. The molecule has 1 heterocycles. The van der Waals surface area contributed by atoms with Crippen molar-refractivity contribution in [3.8, 4) is 0 Å². The number of nitrogens with one attached hydrogen (secondary N) is 2. The summed E-state index contributed by atoms with van der Waals surface area (Å²) in [6.45, 7) is 7.29. The molecule has 0 bridgehead atoms. The van der Waals surface area contributed by atoms with Gasteiger partial charge in [0.1, 0.15) is 5.82 Å². The van der Waals surface area contributed by atoms with Gasteiger partial charge in [0, 0.05) is 35.3 Å². The van der Waals surface area contributed by atoms with E-state index in [0.717, 1.165) is 5.22 Å². The summed E-state index contributed by atoms with van der Waals surface area (Å²) in [5.74, 6) is -0.980. The van der Waals surface area contributed by atoms with Crippen LogP contribution in [0.4, 0.5) is 23.4 Å². The molecule has 0 spiro atoms. The Labute approximate surface area is 154 Å². The van der Waals surface area contributed by atoms with E-state index in [1.807, 2.05) is 13.0 Å². The van der Waals surface area contributed by atoms with E-state index in [4.69, 9.17) is 0 Å². The van der Waals surface area contributed by atoms with E-state index in [1.54, 1.807) is 20.0 Å². The molecule has 1 aromatic heterocycles. The Balaban J connectivity index is 2.46. The van der Waals surface area contributed by atoms with Crippen LogP contribution in [-0.2, 0) is 12.7 Å². The standard InChI is InChI=1S/C19H20F4N4/c1-5-14-12(3)26-27-18(15(14)9-11(2)24-4)25-10-13-7-6-8-16(17(13)20)19(21,22)23/h5-9,24H,2,10H2,1,3-4H3,(H,25,27)/b14-5-,15-9+. The van der Waals surface area contributed by atoms with Gasteiger partial charge in [0.2, 0.25) is 0 Å². The fourth-order valence-electron chi connectivity index (χ4n) is 2.56. The molecule has 8 heteroatoms. The predicted molar refractivity (Wildman–Crippen MR) is 97.6 cm³/mol. The maximum Gasteiger partial charge on any atom is 0.419 e. The highest BCUT2D eigenvalue weighted by Crippen LogP contribution is 2.32. The maximum atomic E-state index is 14.2. The Morgan fingerprint density at radius 3 is 2.52 bits per heavy atom. The van der Waals surface area contributed by atoms with Gasteiger partial charge in [0.25, 0.3) is 0 Å². The van der Waals surface area contributed by atoms with Crippen LogP contribution in [0.15, 0.2) is 30.5 Å². The van der Waals surface area contributed by atoms with Crippen LogP contribution in [-0.4, -0.2) is 17.2 Å². The van der Waals surface area contributed by atoms with Gasteiger partial charge in [0.05, 0.1) is 11.3 Å². The van der Waals surface area contributed by atoms with Gasteiger partial charge in [-0.15, -0.1) is 5.10 Å². The Morgan fingerprint density at radius 1 is 1.22 bits per heavy atom. The highest BCUT2D eigenvalue weighted by molar-refractivity contribution is 5.53.